The summed E-state index contributed by atoms with van der Waals surface area (Å²) in [5, 5.41) is 16.2. The van der Waals surface area contributed by atoms with E-state index in [1.165, 1.54) is 11.0 Å². The molecule has 1 saturated carbocycles. The van der Waals surface area contributed by atoms with Gasteiger partial charge < -0.3 is 30.1 Å². The second kappa shape index (κ2) is 13.5. The smallest absolute Gasteiger partial charge is 0.407 e. The van der Waals surface area contributed by atoms with Crippen molar-refractivity contribution in [3.05, 3.63) is 78.9 Å². The second-order valence-electron chi connectivity index (χ2n) is 13.0. The molecule has 48 heavy (non-hydrogen) atoms. The zero-order valence-electron chi connectivity index (χ0n) is 27.1. The highest BCUT2D eigenvalue weighted by atomic mass is 16.5. The lowest BCUT2D eigenvalue weighted by Gasteiger charge is -2.30. The highest BCUT2D eigenvalue weighted by molar-refractivity contribution is 5.96. The third-order valence-electron chi connectivity index (χ3n) is 9.30. The maximum atomic E-state index is 14.2. The molecule has 3 aliphatic rings. The van der Waals surface area contributed by atoms with Gasteiger partial charge in [-0.05, 0) is 42.9 Å². The van der Waals surface area contributed by atoms with Crippen molar-refractivity contribution in [2.75, 3.05) is 13.2 Å². The molecule has 2 fully saturated rings. The van der Waals surface area contributed by atoms with Crippen LogP contribution in [-0.4, -0.2) is 75.7 Å². The minimum absolute atomic E-state index is 0.0336. The third-order valence-corrected chi connectivity index (χ3v) is 9.30. The van der Waals surface area contributed by atoms with Gasteiger partial charge >= 0.3 is 12.1 Å². The fourth-order valence-corrected chi connectivity index (χ4v) is 6.49. The number of allylic oxidation sites excluding steroid dienone is 1. The van der Waals surface area contributed by atoms with Gasteiger partial charge in [-0.1, -0.05) is 68.5 Å². The van der Waals surface area contributed by atoms with Crippen LogP contribution >= 0.6 is 0 Å². The van der Waals surface area contributed by atoms with Crippen LogP contribution in [0, 0.1) is 11.8 Å². The zero-order chi connectivity index (χ0) is 34.0. The zero-order valence-corrected chi connectivity index (χ0v) is 27.1. The van der Waals surface area contributed by atoms with Crippen LogP contribution in [-0.2, 0) is 19.1 Å². The van der Waals surface area contributed by atoms with E-state index >= 15 is 0 Å². The first-order valence-electron chi connectivity index (χ1n) is 16.3. The van der Waals surface area contributed by atoms with Gasteiger partial charge in [-0.2, -0.15) is 0 Å². The Hall–Kier alpha value is -5.19. The molecule has 3 amide bonds. The molecule has 0 unspecified atom stereocenters. The molecule has 5 atom stereocenters. The number of nitrogens with one attached hydrogen (secondary N) is 2. The van der Waals surface area contributed by atoms with Crippen molar-refractivity contribution >= 4 is 40.9 Å². The van der Waals surface area contributed by atoms with Crippen molar-refractivity contribution in [1.29, 1.82) is 0 Å². The van der Waals surface area contributed by atoms with Crippen molar-refractivity contribution in [2.45, 2.75) is 63.3 Å². The fraction of sp³-hybridized carbons (Fsp3) is 0.378. The van der Waals surface area contributed by atoms with E-state index in [-0.39, 0.29) is 31.9 Å². The lowest BCUT2D eigenvalue weighted by atomic mass is 10.0. The highest BCUT2D eigenvalue weighted by Crippen LogP contribution is 2.45. The lowest BCUT2D eigenvalue weighted by molar-refractivity contribution is -0.145. The minimum Gasteiger partial charge on any atom is -0.488 e. The molecule has 1 saturated heterocycles. The Morgan fingerprint density at radius 1 is 1.17 bits per heavy atom. The average Bonchev–Trinajstić information content (AvgIpc) is 3.64. The molecule has 3 heterocycles. The van der Waals surface area contributed by atoms with Crippen molar-refractivity contribution in [2.24, 2.45) is 11.8 Å². The molecule has 6 rings (SSSR count). The number of hydrogen-bond acceptors (Lipinski definition) is 7. The van der Waals surface area contributed by atoms with Crippen LogP contribution in [0.25, 0.3) is 28.2 Å². The molecule has 11 heteroatoms. The van der Waals surface area contributed by atoms with Crippen LogP contribution in [0.4, 0.5) is 4.79 Å². The molecule has 0 spiro atoms. The van der Waals surface area contributed by atoms with Crippen LogP contribution in [0.5, 0.6) is 5.75 Å². The van der Waals surface area contributed by atoms with Crippen LogP contribution in [0.2, 0.25) is 0 Å². The summed E-state index contributed by atoms with van der Waals surface area (Å²) in [5.74, 6) is -2.46. The first-order chi connectivity index (χ1) is 23.1. The number of aliphatic carboxylic acids is 1. The molecule has 1 aliphatic carbocycles. The number of cyclic esters (lactones) is 1. The Balaban J connectivity index is 1.40. The SMILES string of the molecule is C=C[C@@H]1C[C@]1(NC(=O)[C@@H]1C[C@@H]2CN1C(=O)[C@H](C(C)C)NC(=O)OCCCC=Cc1ccc3nc(-c4ccccc4)cc(c3c1)O2)C(=O)O. The van der Waals surface area contributed by atoms with Gasteiger partial charge in [0.25, 0.3) is 0 Å². The number of carbonyl (C=O) groups is 4. The number of carboxylic acids is 1. The molecule has 3 N–H and O–H groups in total. The molecule has 0 radical (unpaired) electrons. The first kappa shape index (κ1) is 32.7. The number of carboxylic acid groups (broad SMARTS) is 1. The number of pyridine rings is 1. The number of alkyl carbamates (subject to hydrolysis) is 1. The van der Waals surface area contributed by atoms with Gasteiger partial charge in [0.15, 0.2) is 0 Å². The molecule has 4 bridgehead atoms. The molecule has 250 valence electrons. The summed E-state index contributed by atoms with van der Waals surface area (Å²) < 4.78 is 12.1. The van der Waals surface area contributed by atoms with E-state index in [0.717, 1.165) is 22.0 Å². The summed E-state index contributed by atoms with van der Waals surface area (Å²) in [4.78, 5) is 59.4. The maximum Gasteiger partial charge on any atom is 0.407 e. The van der Waals surface area contributed by atoms with Gasteiger partial charge in [0.05, 0.1) is 24.4 Å². The van der Waals surface area contributed by atoms with Crippen LogP contribution in [0.1, 0.15) is 45.1 Å². The largest absolute Gasteiger partial charge is 0.488 e. The van der Waals surface area contributed by atoms with Gasteiger partial charge in [0, 0.05) is 29.4 Å². The summed E-state index contributed by atoms with van der Waals surface area (Å²) in [6, 6.07) is 15.5. The van der Waals surface area contributed by atoms with Crippen molar-refractivity contribution in [3.8, 4) is 17.0 Å². The summed E-state index contributed by atoms with van der Waals surface area (Å²) >= 11 is 0. The predicted molar refractivity (Wildman–Crippen MR) is 180 cm³/mol. The van der Waals surface area contributed by atoms with Crippen molar-refractivity contribution < 1.29 is 33.8 Å². The first-order valence-corrected chi connectivity index (χ1v) is 16.3. The topological polar surface area (TPSA) is 147 Å². The Morgan fingerprint density at radius 2 is 1.96 bits per heavy atom. The van der Waals surface area contributed by atoms with Crippen LogP contribution < -0.4 is 15.4 Å². The molecule has 2 aromatic carbocycles. The number of ether oxygens (including phenoxy) is 2. The van der Waals surface area contributed by atoms with E-state index in [2.05, 4.69) is 17.2 Å². The average molecular weight is 653 g/mol. The summed E-state index contributed by atoms with van der Waals surface area (Å²) in [6.45, 7) is 7.49. The Labute approximate surface area is 279 Å². The van der Waals surface area contributed by atoms with Gasteiger partial charge in [-0.15, -0.1) is 6.58 Å². The quantitative estimate of drug-likeness (QED) is 0.317. The highest BCUT2D eigenvalue weighted by Gasteiger charge is 2.61. The van der Waals surface area contributed by atoms with E-state index in [0.29, 0.717) is 24.3 Å². The number of rotatable bonds is 6. The molecule has 11 nitrogen and oxygen atoms in total. The van der Waals surface area contributed by atoms with Gasteiger partial charge in [0.2, 0.25) is 11.8 Å². The van der Waals surface area contributed by atoms with E-state index < -0.39 is 53.5 Å². The molecule has 2 aliphatic heterocycles. The van der Waals surface area contributed by atoms with E-state index in [9.17, 15) is 24.3 Å². The molecule has 3 aromatic rings. The van der Waals surface area contributed by atoms with Crippen LogP contribution in [0.15, 0.2) is 73.3 Å². The Morgan fingerprint density at radius 3 is 2.67 bits per heavy atom. The number of fused-ring (bicyclic) bond motifs is 3. The van der Waals surface area contributed by atoms with Crippen molar-refractivity contribution in [1.82, 2.24) is 20.5 Å². The summed E-state index contributed by atoms with van der Waals surface area (Å²) in [5.41, 5.74) is 1.79. The summed E-state index contributed by atoms with van der Waals surface area (Å²) in [6.07, 6.45) is 5.73. The van der Waals surface area contributed by atoms with Gasteiger partial charge in [-0.3, -0.25) is 9.59 Å². The number of nitrogens with zero attached hydrogens (tertiary/aromatic N) is 2. The minimum atomic E-state index is -1.48. The Kier molecular flexibility index (Phi) is 9.21. The maximum absolute atomic E-state index is 14.2. The van der Waals surface area contributed by atoms with Crippen LogP contribution in [0.3, 0.4) is 0 Å². The van der Waals surface area contributed by atoms with E-state index in [1.807, 2.05) is 66.7 Å². The number of aromatic nitrogens is 1. The Bertz CT molecular complexity index is 1770. The normalized spacial score (nSPS) is 25.9. The fourth-order valence-electron chi connectivity index (χ4n) is 6.49. The number of carbonyl (C=O) groups excluding carboxylic acids is 3. The second-order valence-corrected chi connectivity index (χ2v) is 13.0. The third kappa shape index (κ3) is 6.62. The molecular formula is C37H40N4O7. The molecule has 1 aromatic heterocycles. The number of amides is 3. The molecular weight excluding hydrogens is 612 g/mol. The predicted octanol–water partition coefficient (Wildman–Crippen LogP) is 4.95. The number of hydrogen-bond donors (Lipinski definition) is 3. The van der Waals surface area contributed by atoms with E-state index in [1.54, 1.807) is 13.8 Å². The summed E-state index contributed by atoms with van der Waals surface area (Å²) in [7, 11) is 0. The number of benzene rings is 2. The van der Waals surface area contributed by atoms with Gasteiger partial charge in [-0.25, -0.2) is 14.6 Å². The monoisotopic (exact) mass is 652 g/mol. The van der Waals surface area contributed by atoms with Crippen molar-refractivity contribution in [3.63, 3.8) is 0 Å². The van der Waals surface area contributed by atoms with Gasteiger partial charge in [0.1, 0.15) is 29.5 Å². The lowest BCUT2D eigenvalue weighted by Crippen LogP contribution is -2.57. The standard InChI is InChI=1S/C37H40N4O7/c1-4-25-20-37(25,35(44)45)40-33(42)30-18-26-21-41(30)34(43)32(22(2)3)39-36(46)47-16-10-6-7-11-23-14-15-28-27(17-23)31(48-26)19-29(38-28)24-12-8-5-9-13-24/h4-5,7-9,11-15,17,19,22,25-26,30,32H,1,6,10,16,18,20-21H2,2-3H3,(H,39,46)(H,40,42)(H,44,45)/t25-,26-,30+,32+,37-/m1/s1. The van der Waals surface area contributed by atoms with E-state index in [4.69, 9.17) is 14.5 Å².